The Labute approximate surface area is 322 Å². The van der Waals surface area contributed by atoms with E-state index in [1.807, 2.05) is 27.7 Å². The lowest BCUT2D eigenvalue weighted by Gasteiger charge is -2.50. The van der Waals surface area contributed by atoms with Gasteiger partial charge >= 0.3 is 6.03 Å². The van der Waals surface area contributed by atoms with Gasteiger partial charge in [0.05, 0.1) is 19.3 Å². The molecule has 1 spiro atoms. The molecule has 2 heterocycles. The average Bonchev–Trinajstić information content (AvgIpc) is 3.80. The van der Waals surface area contributed by atoms with Gasteiger partial charge in [0.25, 0.3) is 5.91 Å². The SMILES string of the molecule is CCCC(NC(=O)[C@@H]1C[C@@]2(C[C@@H](C)CCC2(C)C)CN1C(=O)[C@@H](NC(=O)N[C@@H](CNSN1CCOCC1)C(C)(C)C)C(C)(C)C)C(=O)C(=O)NC1CC1. The monoisotopic (exact) mass is 764 g/mol. The largest absolute Gasteiger partial charge is 0.379 e. The summed E-state index contributed by atoms with van der Waals surface area (Å²) in [6, 6.07) is -3.46. The third kappa shape index (κ3) is 11.3. The first-order valence-corrected chi connectivity index (χ1v) is 20.7. The molecule has 0 radical (unpaired) electrons. The fourth-order valence-electron chi connectivity index (χ4n) is 8.04. The van der Waals surface area contributed by atoms with Crippen LogP contribution < -0.4 is 26.0 Å². The average molecular weight is 764 g/mol. The molecule has 0 bridgehead atoms. The summed E-state index contributed by atoms with van der Waals surface area (Å²) in [5, 5.41) is 11.9. The van der Waals surface area contributed by atoms with Crippen molar-refractivity contribution in [2.75, 3.05) is 39.4 Å². The second-order valence-electron chi connectivity index (χ2n) is 19.0. The quantitative estimate of drug-likeness (QED) is 0.129. The van der Waals surface area contributed by atoms with Gasteiger partial charge in [0, 0.05) is 50.4 Å². The minimum atomic E-state index is -0.982. The smallest absolute Gasteiger partial charge is 0.315 e. The number of ether oxygens (including phenoxy) is 1. The number of urea groups is 1. The normalized spacial score (nSPS) is 26.7. The van der Waals surface area contributed by atoms with E-state index in [4.69, 9.17) is 4.74 Å². The molecule has 6 atom stereocenters. The van der Waals surface area contributed by atoms with Crippen molar-refractivity contribution in [2.24, 2.45) is 27.6 Å². The second-order valence-corrected chi connectivity index (χ2v) is 20.0. The van der Waals surface area contributed by atoms with Crippen molar-refractivity contribution in [3.63, 3.8) is 0 Å². The zero-order chi connectivity index (χ0) is 39.4. The Kier molecular flexibility index (Phi) is 14.4. The number of hydrogen-bond acceptors (Lipinski definition) is 9. The molecule has 4 aliphatic rings. The number of carbonyl (C=O) groups is 5. The molecule has 1 unspecified atom stereocenters. The van der Waals surface area contributed by atoms with Crippen molar-refractivity contribution < 1.29 is 28.7 Å². The van der Waals surface area contributed by atoms with Gasteiger partial charge in [-0.2, -0.15) is 0 Å². The first kappa shape index (κ1) is 43.3. The molecule has 2 aliphatic carbocycles. The molecule has 5 amide bonds. The zero-order valence-electron chi connectivity index (χ0n) is 34.1. The minimum Gasteiger partial charge on any atom is -0.379 e. The number of morpholine rings is 1. The molecule has 4 rings (SSSR count). The summed E-state index contributed by atoms with van der Waals surface area (Å²) >= 11 is 1.53. The lowest BCUT2D eigenvalue weighted by molar-refractivity contribution is -0.144. The Morgan fingerprint density at radius 2 is 1.57 bits per heavy atom. The fraction of sp³-hybridized carbons (Fsp3) is 0.872. The van der Waals surface area contributed by atoms with E-state index in [9.17, 15) is 24.0 Å². The van der Waals surface area contributed by atoms with Crippen LogP contribution in [0.1, 0.15) is 121 Å². The van der Waals surface area contributed by atoms with E-state index < -0.39 is 47.2 Å². The van der Waals surface area contributed by atoms with Crippen LogP contribution in [0.25, 0.3) is 0 Å². The molecule has 0 aromatic carbocycles. The van der Waals surface area contributed by atoms with E-state index in [0.717, 1.165) is 45.2 Å². The number of Topliss-reactive ketones (excluding diaryl/α,β-unsaturated/α-hetero) is 1. The molecule has 302 valence electrons. The van der Waals surface area contributed by atoms with Gasteiger partial charge < -0.3 is 30.9 Å². The predicted octanol–water partition coefficient (Wildman–Crippen LogP) is 4.17. The fourth-order valence-corrected chi connectivity index (χ4v) is 8.80. The molecular formula is C39H69N7O6S. The number of amides is 5. The van der Waals surface area contributed by atoms with Crippen LogP contribution in [0.4, 0.5) is 4.79 Å². The highest BCUT2D eigenvalue weighted by Gasteiger charge is 2.58. The van der Waals surface area contributed by atoms with Crippen molar-refractivity contribution in [3.8, 4) is 0 Å². The number of nitrogens with zero attached hydrogens (tertiary/aromatic N) is 2. The zero-order valence-corrected chi connectivity index (χ0v) is 34.9. The lowest BCUT2D eigenvalue weighted by Crippen LogP contribution is -2.61. The second kappa shape index (κ2) is 17.6. The highest BCUT2D eigenvalue weighted by atomic mass is 32.2. The van der Waals surface area contributed by atoms with Crippen molar-refractivity contribution in [1.82, 2.24) is 35.2 Å². The highest BCUT2D eigenvalue weighted by molar-refractivity contribution is 7.95. The van der Waals surface area contributed by atoms with Gasteiger partial charge in [-0.15, -0.1) is 0 Å². The molecule has 2 saturated carbocycles. The summed E-state index contributed by atoms with van der Waals surface area (Å²) in [5.74, 6) is -1.65. The third-order valence-corrected chi connectivity index (χ3v) is 12.9. The van der Waals surface area contributed by atoms with Crippen LogP contribution in [-0.2, 0) is 23.9 Å². The Morgan fingerprint density at radius 3 is 2.15 bits per heavy atom. The number of carbonyl (C=O) groups excluding carboxylic acids is 5. The molecule has 0 aromatic rings. The summed E-state index contributed by atoms with van der Waals surface area (Å²) in [5.41, 5.74) is -1.46. The minimum absolute atomic E-state index is 0.0192. The Balaban J connectivity index is 1.56. The third-order valence-electron chi connectivity index (χ3n) is 12.0. The number of hydrogen-bond donors (Lipinski definition) is 5. The number of ketones is 1. The number of nitrogens with one attached hydrogen (secondary N) is 5. The highest BCUT2D eigenvalue weighted by Crippen LogP contribution is 2.58. The summed E-state index contributed by atoms with van der Waals surface area (Å²) in [4.78, 5) is 70.9. The van der Waals surface area contributed by atoms with Crippen LogP contribution >= 0.6 is 12.1 Å². The first-order chi connectivity index (χ1) is 24.7. The molecule has 14 heteroatoms. The van der Waals surface area contributed by atoms with Gasteiger partial charge in [-0.3, -0.25) is 19.2 Å². The van der Waals surface area contributed by atoms with E-state index in [-0.39, 0.29) is 34.2 Å². The van der Waals surface area contributed by atoms with E-state index in [1.54, 1.807) is 4.90 Å². The van der Waals surface area contributed by atoms with Gasteiger partial charge in [0.1, 0.15) is 12.1 Å². The van der Waals surface area contributed by atoms with Gasteiger partial charge in [-0.05, 0) is 66.1 Å². The summed E-state index contributed by atoms with van der Waals surface area (Å²) in [7, 11) is 0. The van der Waals surface area contributed by atoms with Gasteiger partial charge in [0.15, 0.2) is 0 Å². The summed E-state index contributed by atoms with van der Waals surface area (Å²) in [6.45, 7) is 24.5. The number of rotatable bonds is 14. The molecule has 13 nitrogen and oxygen atoms in total. The van der Waals surface area contributed by atoms with Crippen molar-refractivity contribution >= 4 is 41.7 Å². The van der Waals surface area contributed by atoms with E-state index >= 15 is 0 Å². The lowest BCUT2D eigenvalue weighted by atomic mass is 9.54. The van der Waals surface area contributed by atoms with Gasteiger partial charge in [-0.25, -0.2) is 13.8 Å². The first-order valence-electron chi connectivity index (χ1n) is 19.9. The maximum atomic E-state index is 14.9. The van der Waals surface area contributed by atoms with Crippen molar-refractivity contribution in [2.45, 2.75) is 151 Å². The van der Waals surface area contributed by atoms with Crippen LogP contribution in [-0.4, -0.2) is 108 Å². The molecule has 2 aliphatic heterocycles. The summed E-state index contributed by atoms with van der Waals surface area (Å²) < 4.78 is 11.1. The van der Waals surface area contributed by atoms with Crippen molar-refractivity contribution in [1.29, 1.82) is 0 Å². The molecule has 2 saturated heterocycles. The van der Waals surface area contributed by atoms with Gasteiger partial charge in [-0.1, -0.05) is 82.1 Å². The molecular weight excluding hydrogens is 695 g/mol. The van der Waals surface area contributed by atoms with Crippen LogP contribution in [0.3, 0.4) is 0 Å². The predicted molar refractivity (Wildman–Crippen MR) is 208 cm³/mol. The van der Waals surface area contributed by atoms with E-state index in [0.29, 0.717) is 51.5 Å². The van der Waals surface area contributed by atoms with Crippen LogP contribution in [0.5, 0.6) is 0 Å². The molecule has 5 N–H and O–H groups in total. The molecule has 4 fully saturated rings. The van der Waals surface area contributed by atoms with E-state index in [2.05, 4.69) is 71.8 Å². The Hall–Kier alpha value is -2.42. The standard InChI is InChI=1S/C39H69N7O6S/c1-11-12-27(30(47)33(49)41-26-13-14-26)42-32(48)28-22-39(21-25(2)15-16-38(39,9)10)24-46(28)34(50)31(37(6,7)8)44-35(51)43-29(36(3,4)5)23-40-53-45-17-19-52-20-18-45/h25-29,31,40H,11-24H2,1-10H3,(H,41,49)(H,42,48)(H2,43,44,51)/t25-,27?,28-,29-,31+,39-/m0/s1. The van der Waals surface area contributed by atoms with Crippen molar-refractivity contribution in [3.05, 3.63) is 0 Å². The Bertz CT molecular complexity index is 1320. The van der Waals surface area contributed by atoms with E-state index in [1.165, 1.54) is 12.1 Å². The number of likely N-dealkylation sites (tertiary alicyclic amines) is 1. The van der Waals surface area contributed by atoms with Gasteiger partial charge in [0.2, 0.25) is 17.6 Å². The maximum Gasteiger partial charge on any atom is 0.315 e. The summed E-state index contributed by atoms with van der Waals surface area (Å²) in [6.07, 6.45) is 5.97. The topological polar surface area (TPSA) is 161 Å². The maximum absolute atomic E-state index is 14.9. The molecule has 53 heavy (non-hydrogen) atoms. The Morgan fingerprint density at radius 1 is 0.906 bits per heavy atom. The molecule has 0 aromatic heterocycles. The van der Waals surface area contributed by atoms with Crippen LogP contribution in [0, 0.1) is 27.6 Å². The van der Waals surface area contributed by atoms with Crippen LogP contribution in [0.15, 0.2) is 0 Å². The van der Waals surface area contributed by atoms with Crippen LogP contribution in [0.2, 0.25) is 0 Å².